The zero-order valence-electron chi connectivity index (χ0n) is 9.58. The summed E-state index contributed by atoms with van der Waals surface area (Å²) >= 11 is 14.4. The topological polar surface area (TPSA) is 24.1 Å². The molecule has 0 radical (unpaired) electrons. The van der Waals surface area contributed by atoms with Crippen LogP contribution in [0.15, 0.2) is 46.9 Å². The highest BCUT2D eigenvalue weighted by Crippen LogP contribution is 2.31. The normalized spacial score (nSPS) is 10.1. The monoisotopic (exact) mass is 358 g/mol. The van der Waals surface area contributed by atoms with E-state index < -0.39 is 5.82 Å². The second-order valence-electron chi connectivity index (χ2n) is 3.69. The Hall–Kier alpha value is -1.17. The molecular weight excluding hydrogens is 351 g/mol. The van der Waals surface area contributed by atoms with Gasteiger partial charge in [0.15, 0.2) is 5.11 Å². The largest absolute Gasteiger partial charge is 0.332 e. The van der Waals surface area contributed by atoms with Gasteiger partial charge >= 0.3 is 0 Å². The first-order chi connectivity index (χ1) is 9.06. The molecule has 2 nitrogen and oxygen atoms in total. The Labute approximate surface area is 129 Å². The third-order valence-electron chi connectivity index (χ3n) is 2.28. The summed E-state index contributed by atoms with van der Waals surface area (Å²) in [4.78, 5) is 0. The van der Waals surface area contributed by atoms with Crippen LogP contribution in [0.4, 0.5) is 15.8 Å². The molecule has 0 heterocycles. The molecule has 6 heteroatoms. The lowest BCUT2D eigenvalue weighted by Crippen LogP contribution is -2.19. The number of thiocarbonyl (C=S) groups is 1. The lowest BCUT2D eigenvalue weighted by Gasteiger charge is -2.13. The van der Waals surface area contributed by atoms with Gasteiger partial charge in [0.25, 0.3) is 0 Å². The number of nitrogens with one attached hydrogen (secondary N) is 2. The van der Waals surface area contributed by atoms with Crippen molar-refractivity contribution in [2.45, 2.75) is 0 Å². The molecule has 0 aliphatic rings. The fraction of sp³-hybridized carbons (Fsp3) is 0. The lowest BCUT2D eigenvalue weighted by molar-refractivity contribution is 0.627. The van der Waals surface area contributed by atoms with Crippen molar-refractivity contribution in [3.63, 3.8) is 0 Å². The van der Waals surface area contributed by atoms with Crippen molar-refractivity contribution in [1.82, 2.24) is 0 Å². The van der Waals surface area contributed by atoms with Crippen LogP contribution in [-0.2, 0) is 0 Å². The van der Waals surface area contributed by atoms with Gasteiger partial charge in [-0.15, -0.1) is 0 Å². The minimum absolute atomic E-state index is 0.254. The molecule has 0 spiro atoms. The second kappa shape index (κ2) is 6.32. The van der Waals surface area contributed by atoms with Crippen molar-refractivity contribution in [2.24, 2.45) is 0 Å². The van der Waals surface area contributed by atoms with E-state index in [-0.39, 0.29) is 5.02 Å². The molecule has 0 atom stereocenters. The van der Waals surface area contributed by atoms with Gasteiger partial charge in [-0.2, -0.15) is 0 Å². The van der Waals surface area contributed by atoms with Gasteiger partial charge < -0.3 is 10.6 Å². The molecule has 0 unspecified atom stereocenters. The highest BCUT2D eigenvalue weighted by molar-refractivity contribution is 9.10. The first kappa shape index (κ1) is 14.2. The molecule has 0 amide bonds. The number of anilines is 2. The van der Waals surface area contributed by atoms with Gasteiger partial charge in [0, 0.05) is 10.2 Å². The van der Waals surface area contributed by atoms with Crippen LogP contribution < -0.4 is 10.6 Å². The first-order valence-electron chi connectivity index (χ1n) is 5.34. The number of hydrogen-bond acceptors (Lipinski definition) is 1. The number of para-hydroxylation sites is 1. The second-order valence-corrected chi connectivity index (χ2v) is 5.36. The maximum atomic E-state index is 13.1. The standard InChI is InChI=1S/C13H9BrClFN2S/c14-10-6-8(16)7-11(15)12(10)18-13(19)17-9-4-2-1-3-5-9/h1-7H,(H2,17,18,19). The molecule has 2 rings (SSSR count). The van der Waals surface area contributed by atoms with Gasteiger partial charge in [0.1, 0.15) is 5.82 Å². The van der Waals surface area contributed by atoms with E-state index in [4.69, 9.17) is 23.8 Å². The fourth-order valence-electron chi connectivity index (χ4n) is 1.46. The van der Waals surface area contributed by atoms with Crippen molar-refractivity contribution < 1.29 is 4.39 Å². The molecule has 0 saturated heterocycles. The van der Waals surface area contributed by atoms with Crippen molar-refractivity contribution in [2.75, 3.05) is 10.6 Å². The quantitative estimate of drug-likeness (QED) is 0.734. The number of rotatable bonds is 2. The summed E-state index contributed by atoms with van der Waals surface area (Å²) in [5.41, 5.74) is 1.38. The predicted molar refractivity (Wildman–Crippen MR) is 85.4 cm³/mol. The summed E-state index contributed by atoms with van der Waals surface area (Å²) in [7, 11) is 0. The van der Waals surface area contributed by atoms with Crippen LogP contribution >= 0.6 is 39.7 Å². The highest BCUT2D eigenvalue weighted by Gasteiger charge is 2.09. The summed E-state index contributed by atoms with van der Waals surface area (Å²) in [6.45, 7) is 0. The van der Waals surface area contributed by atoms with Crippen molar-refractivity contribution in [1.29, 1.82) is 0 Å². The number of benzene rings is 2. The maximum Gasteiger partial charge on any atom is 0.175 e. The third kappa shape index (κ3) is 3.89. The average Bonchev–Trinajstić information content (AvgIpc) is 2.35. The SMILES string of the molecule is Fc1cc(Cl)c(NC(=S)Nc2ccccc2)c(Br)c1. The Bertz CT molecular complexity index is 584. The molecule has 2 aromatic rings. The van der Waals surface area contributed by atoms with Crippen LogP contribution in [0.25, 0.3) is 0 Å². The molecule has 0 bridgehead atoms. The van der Waals surface area contributed by atoms with Crippen LogP contribution in [0.3, 0.4) is 0 Å². The van der Waals surface area contributed by atoms with Crippen molar-refractivity contribution in [3.8, 4) is 0 Å². The Morgan fingerprint density at radius 3 is 2.47 bits per heavy atom. The molecule has 0 saturated carbocycles. The summed E-state index contributed by atoms with van der Waals surface area (Å²) in [5.74, 6) is -0.413. The van der Waals surface area contributed by atoms with E-state index >= 15 is 0 Å². The van der Waals surface area contributed by atoms with Crippen LogP contribution in [0.2, 0.25) is 5.02 Å². The third-order valence-corrected chi connectivity index (χ3v) is 3.40. The molecule has 2 N–H and O–H groups in total. The first-order valence-corrected chi connectivity index (χ1v) is 6.92. The van der Waals surface area contributed by atoms with E-state index in [0.29, 0.717) is 15.3 Å². The Morgan fingerprint density at radius 2 is 1.84 bits per heavy atom. The number of halogens is 3. The maximum absolute atomic E-state index is 13.1. The van der Waals surface area contributed by atoms with Gasteiger partial charge in [-0.25, -0.2) is 4.39 Å². The summed E-state index contributed by atoms with van der Waals surface area (Å²) in [6, 6.07) is 12.0. The molecule has 0 fully saturated rings. The molecule has 0 aliphatic carbocycles. The van der Waals surface area contributed by atoms with Gasteiger partial charge in [-0.3, -0.25) is 0 Å². The fourth-order valence-corrected chi connectivity index (χ4v) is 2.58. The minimum Gasteiger partial charge on any atom is -0.332 e. The van der Waals surface area contributed by atoms with E-state index in [2.05, 4.69) is 26.6 Å². The van der Waals surface area contributed by atoms with Gasteiger partial charge in [-0.1, -0.05) is 29.8 Å². The Balaban J connectivity index is 2.12. The van der Waals surface area contributed by atoms with Crippen molar-refractivity contribution >= 4 is 56.2 Å². The summed E-state index contributed by atoms with van der Waals surface area (Å²) in [5, 5.41) is 6.56. The highest BCUT2D eigenvalue weighted by atomic mass is 79.9. The molecule has 0 aromatic heterocycles. The molecule has 2 aromatic carbocycles. The lowest BCUT2D eigenvalue weighted by atomic mass is 10.3. The smallest absolute Gasteiger partial charge is 0.175 e. The van der Waals surface area contributed by atoms with Crippen LogP contribution in [0, 0.1) is 5.82 Å². The van der Waals surface area contributed by atoms with Crippen LogP contribution in [-0.4, -0.2) is 5.11 Å². The number of hydrogen-bond donors (Lipinski definition) is 2. The van der Waals surface area contributed by atoms with Gasteiger partial charge in [0.05, 0.1) is 10.7 Å². The molecule has 0 aliphatic heterocycles. The van der Waals surface area contributed by atoms with Crippen LogP contribution in [0.5, 0.6) is 0 Å². The van der Waals surface area contributed by atoms with E-state index in [1.165, 1.54) is 12.1 Å². The zero-order chi connectivity index (χ0) is 13.8. The van der Waals surface area contributed by atoms with Gasteiger partial charge in [0.2, 0.25) is 0 Å². The Kier molecular flexibility index (Phi) is 4.74. The molecule has 98 valence electrons. The van der Waals surface area contributed by atoms with E-state index in [1.54, 1.807) is 0 Å². The van der Waals surface area contributed by atoms with Crippen LogP contribution in [0.1, 0.15) is 0 Å². The van der Waals surface area contributed by atoms with Crippen molar-refractivity contribution in [3.05, 3.63) is 57.8 Å². The summed E-state index contributed by atoms with van der Waals surface area (Å²) < 4.78 is 13.6. The molecular formula is C13H9BrClFN2S. The summed E-state index contributed by atoms with van der Waals surface area (Å²) in [6.07, 6.45) is 0. The Morgan fingerprint density at radius 1 is 1.16 bits per heavy atom. The van der Waals surface area contributed by atoms with E-state index in [9.17, 15) is 4.39 Å². The predicted octanol–water partition coefficient (Wildman–Crippen LogP) is 5.05. The minimum atomic E-state index is -0.413. The zero-order valence-corrected chi connectivity index (χ0v) is 12.7. The molecule has 19 heavy (non-hydrogen) atoms. The average molecular weight is 360 g/mol. The van der Waals surface area contributed by atoms with E-state index in [1.807, 2.05) is 30.3 Å². The van der Waals surface area contributed by atoms with Gasteiger partial charge in [-0.05, 0) is 52.4 Å². The van der Waals surface area contributed by atoms with E-state index in [0.717, 1.165) is 5.69 Å².